The van der Waals surface area contributed by atoms with Crippen molar-refractivity contribution in [1.82, 2.24) is 0 Å². The molecule has 0 amide bonds. The normalized spacial score (nSPS) is 32.0. The topological polar surface area (TPSA) is 123 Å². The van der Waals surface area contributed by atoms with Crippen molar-refractivity contribution in [2.24, 2.45) is 0 Å². The van der Waals surface area contributed by atoms with Crippen molar-refractivity contribution >= 4 is 10.1 Å². The number of aliphatic hydroxyl groups excluding tert-OH is 3. The molecule has 130 valence electrons. The molecule has 1 aromatic rings. The molecule has 0 saturated carbocycles. The molecule has 1 aromatic carbocycles. The van der Waals surface area contributed by atoms with E-state index in [0.29, 0.717) is 0 Å². The summed E-state index contributed by atoms with van der Waals surface area (Å²) in [5.74, 6) is 0. The van der Waals surface area contributed by atoms with Gasteiger partial charge in [0.1, 0.15) is 24.4 Å². The van der Waals surface area contributed by atoms with Crippen molar-refractivity contribution < 1.29 is 37.4 Å². The Labute approximate surface area is 134 Å². The molecule has 1 fully saturated rings. The fourth-order valence-corrected chi connectivity index (χ4v) is 3.38. The van der Waals surface area contributed by atoms with Gasteiger partial charge in [0.05, 0.1) is 11.5 Å². The standard InChI is InChI=1S/C14H20O8S/c1-8-3-5-9(6-4-8)23(18,19)22-13-10(7-15)21-14(20-2)12(17)11(13)16/h3-6,10-17H,7H2,1-2H3/t10-,11-,12-,13+,14+/m1/s1. The van der Waals surface area contributed by atoms with Crippen molar-refractivity contribution in [2.75, 3.05) is 13.7 Å². The Balaban J connectivity index is 2.24. The van der Waals surface area contributed by atoms with Crippen LogP contribution in [0.4, 0.5) is 0 Å². The molecule has 1 aliphatic rings. The van der Waals surface area contributed by atoms with Crippen LogP contribution in [0, 0.1) is 6.92 Å². The summed E-state index contributed by atoms with van der Waals surface area (Å²) in [6.45, 7) is 1.19. The summed E-state index contributed by atoms with van der Waals surface area (Å²) in [5, 5.41) is 29.3. The summed E-state index contributed by atoms with van der Waals surface area (Å²) in [5.41, 5.74) is 0.872. The van der Waals surface area contributed by atoms with Gasteiger partial charge in [-0.15, -0.1) is 0 Å². The third-order valence-corrected chi connectivity index (χ3v) is 4.93. The summed E-state index contributed by atoms with van der Waals surface area (Å²) in [6, 6.07) is 5.93. The number of rotatable bonds is 5. The van der Waals surface area contributed by atoms with Gasteiger partial charge in [0.25, 0.3) is 10.1 Å². The average molecular weight is 348 g/mol. The Morgan fingerprint density at radius 3 is 2.30 bits per heavy atom. The van der Waals surface area contributed by atoms with E-state index < -0.39 is 47.4 Å². The van der Waals surface area contributed by atoms with Gasteiger partial charge in [-0.2, -0.15) is 8.42 Å². The van der Waals surface area contributed by atoms with Gasteiger partial charge < -0.3 is 24.8 Å². The highest BCUT2D eigenvalue weighted by atomic mass is 32.2. The number of hydrogen-bond donors (Lipinski definition) is 3. The fourth-order valence-electron chi connectivity index (χ4n) is 2.27. The van der Waals surface area contributed by atoms with Gasteiger partial charge in [-0.3, -0.25) is 4.18 Å². The molecule has 3 N–H and O–H groups in total. The minimum atomic E-state index is -4.20. The molecule has 9 heteroatoms. The van der Waals surface area contributed by atoms with Crippen LogP contribution in [0.5, 0.6) is 0 Å². The Morgan fingerprint density at radius 1 is 1.17 bits per heavy atom. The van der Waals surface area contributed by atoms with Crippen molar-refractivity contribution in [3.8, 4) is 0 Å². The molecule has 2 rings (SSSR count). The first-order valence-electron chi connectivity index (χ1n) is 6.95. The molecular weight excluding hydrogens is 328 g/mol. The maximum absolute atomic E-state index is 12.3. The molecule has 0 radical (unpaired) electrons. The number of methoxy groups -OCH3 is 1. The van der Waals surface area contributed by atoms with Crippen LogP contribution in [0.1, 0.15) is 5.56 Å². The molecule has 1 aliphatic heterocycles. The minimum absolute atomic E-state index is 0.102. The van der Waals surface area contributed by atoms with E-state index in [1.54, 1.807) is 19.1 Å². The third kappa shape index (κ3) is 3.89. The van der Waals surface area contributed by atoms with Crippen LogP contribution in [-0.2, 0) is 23.8 Å². The Bertz CT molecular complexity index is 612. The van der Waals surface area contributed by atoms with E-state index >= 15 is 0 Å². The van der Waals surface area contributed by atoms with Gasteiger partial charge >= 0.3 is 0 Å². The quantitative estimate of drug-likeness (QED) is 0.589. The van der Waals surface area contributed by atoms with Crippen molar-refractivity contribution in [1.29, 1.82) is 0 Å². The third-order valence-electron chi connectivity index (χ3n) is 3.60. The summed E-state index contributed by atoms with van der Waals surface area (Å²) in [6.07, 6.45) is -6.94. The molecular formula is C14H20O8S. The Morgan fingerprint density at radius 2 is 1.78 bits per heavy atom. The molecule has 5 atom stereocenters. The van der Waals surface area contributed by atoms with Gasteiger partial charge in [-0.1, -0.05) is 17.7 Å². The monoisotopic (exact) mass is 348 g/mol. The molecule has 1 heterocycles. The summed E-state index contributed by atoms with van der Waals surface area (Å²) >= 11 is 0. The SMILES string of the molecule is CO[C@H]1O[C@H](CO)[C@H](OS(=O)(=O)c2ccc(C)cc2)[C@H](O)[C@H]1O. The maximum atomic E-state index is 12.3. The van der Waals surface area contributed by atoms with Gasteiger partial charge in [0.2, 0.25) is 0 Å². The average Bonchev–Trinajstić information content (AvgIpc) is 2.52. The lowest BCUT2D eigenvalue weighted by atomic mass is 9.99. The van der Waals surface area contributed by atoms with E-state index in [1.165, 1.54) is 19.2 Å². The molecule has 0 spiro atoms. The summed E-state index contributed by atoms with van der Waals surface area (Å²) < 4.78 is 39.6. The molecule has 1 saturated heterocycles. The second-order valence-electron chi connectivity index (χ2n) is 5.27. The number of hydrogen-bond acceptors (Lipinski definition) is 8. The highest BCUT2D eigenvalue weighted by Gasteiger charge is 2.47. The lowest BCUT2D eigenvalue weighted by Gasteiger charge is -2.40. The smallest absolute Gasteiger partial charge is 0.297 e. The van der Waals surface area contributed by atoms with Crippen LogP contribution < -0.4 is 0 Å². The van der Waals surface area contributed by atoms with E-state index in [1.807, 2.05) is 0 Å². The van der Waals surface area contributed by atoms with Crippen LogP contribution in [-0.4, -0.2) is 68.2 Å². The molecule has 0 aromatic heterocycles. The van der Waals surface area contributed by atoms with E-state index in [9.17, 15) is 23.7 Å². The molecule has 0 bridgehead atoms. The van der Waals surface area contributed by atoms with Crippen molar-refractivity contribution in [3.05, 3.63) is 29.8 Å². The number of aliphatic hydroxyl groups is 3. The van der Waals surface area contributed by atoms with Gasteiger partial charge in [-0.25, -0.2) is 0 Å². The predicted octanol–water partition coefficient (Wildman–Crippen LogP) is -0.846. The first kappa shape index (κ1) is 18.3. The van der Waals surface area contributed by atoms with E-state index in [-0.39, 0.29) is 4.90 Å². The lowest BCUT2D eigenvalue weighted by Crippen LogP contribution is -2.60. The molecule has 0 unspecified atom stereocenters. The molecule has 8 nitrogen and oxygen atoms in total. The minimum Gasteiger partial charge on any atom is -0.394 e. The highest BCUT2D eigenvalue weighted by molar-refractivity contribution is 7.86. The second-order valence-corrected chi connectivity index (χ2v) is 6.84. The summed E-state index contributed by atoms with van der Waals surface area (Å²) in [7, 11) is -2.95. The zero-order valence-electron chi connectivity index (χ0n) is 12.7. The highest BCUT2D eigenvalue weighted by Crippen LogP contribution is 2.27. The van der Waals surface area contributed by atoms with E-state index in [0.717, 1.165) is 5.56 Å². The number of ether oxygens (including phenoxy) is 2. The van der Waals surface area contributed by atoms with Crippen LogP contribution in [0.3, 0.4) is 0 Å². The van der Waals surface area contributed by atoms with E-state index in [2.05, 4.69) is 0 Å². The van der Waals surface area contributed by atoms with Crippen molar-refractivity contribution in [3.63, 3.8) is 0 Å². The lowest BCUT2D eigenvalue weighted by molar-refractivity contribution is -0.289. The summed E-state index contributed by atoms with van der Waals surface area (Å²) in [4.78, 5) is -0.102. The van der Waals surface area contributed by atoms with Gasteiger partial charge in [-0.05, 0) is 19.1 Å². The van der Waals surface area contributed by atoms with Crippen LogP contribution in [0.15, 0.2) is 29.2 Å². The zero-order valence-corrected chi connectivity index (χ0v) is 13.5. The fraction of sp³-hybridized carbons (Fsp3) is 0.571. The molecule has 0 aliphatic carbocycles. The van der Waals surface area contributed by atoms with Gasteiger partial charge in [0.15, 0.2) is 6.29 Å². The van der Waals surface area contributed by atoms with Crippen LogP contribution >= 0.6 is 0 Å². The van der Waals surface area contributed by atoms with Crippen LogP contribution in [0.25, 0.3) is 0 Å². The second kappa shape index (κ2) is 7.22. The zero-order chi connectivity index (χ0) is 17.2. The first-order valence-corrected chi connectivity index (χ1v) is 8.36. The Kier molecular flexibility index (Phi) is 5.74. The van der Waals surface area contributed by atoms with Gasteiger partial charge in [0, 0.05) is 7.11 Å². The van der Waals surface area contributed by atoms with Crippen LogP contribution in [0.2, 0.25) is 0 Å². The first-order chi connectivity index (χ1) is 10.8. The predicted molar refractivity (Wildman–Crippen MR) is 78.0 cm³/mol. The number of aryl methyl sites for hydroxylation is 1. The maximum Gasteiger partial charge on any atom is 0.297 e. The largest absolute Gasteiger partial charge is 0.394 e. The van der Waals surface area contributed by atoms with Crippen molar-refractivity contribution in [2.45, 2.75) is 42.5 Å². The molecule has 23 heavy (non-hydrogen) atoms. The van der Waals surface area contributed by atoms with E-state index in [4.69, 9.17) is 13.7 Å². The number of benzene rings is 1. The Hall–Kier alpha value is -1.07.